The second-order valence-corrected chi connectivity index (χ2v) is 6.35. The molecule has 20 heavy (non-hydrogen) atoms. The number of benzene rings is 1. The Morgan fingerprint density at radius 2 is 1.65 bits per heavy atom. The number of aryl methyl sites for hydroxylation is 3. The van der Waals surface area contributed by atoms with Gasteiger partial charge in [-0.3, -0.25) is 0 Å². The highest BCUT2D eigenvalue weighted by Crippen LogP contribution is 2.17. The molecule has 0 aromatic heterocycles. The topological polar surface area (TPSA) is 12.0 Å². The quantitative estimate of drug-likeness (QED) is 0.684. The molecule has 0 spiro atoms. The Hall–Kier alpha value is -0.820. The van der Waals surface area contributed by atoms with Crippen molar-refractivity contribution < 1.29 is 0 Å². The van der Waals surface area contributed by atoms with Crippen LogP contribution >= 0.6 is 0 Å². The smallest absolute Gasteiger partial charge is 0.00103 e. The maximum atomic E-state index is 3.51. The summed E-state index contributed by atoms with van der Waals surface area (Å²) in [5.41, 5.74) is 4.58. The Morgan fingerprint density at radius 3 is 2.25 bits per heavy atom. The molecular weight excluding hydrogens is 242 g/mol. The minimum absolute atomic E-state index is 0.607. The molecule has 0 aliphatic heterocycles. The zero-order valence-electron chi connectivity index (χ0n) is 14.1. The fourth-order valence-electron chi connectivity index (χ4n) is 2.68. The molecule has 0 amide bonds. The van der Waals surface area contributed by atoms with Crippen molar-refractivity contribution in [3.05, 3.63) is 34.9 Å². The van der Waals surface area contributed by atoms with E-state index in [-0.39, 0.29) is 0 Å². The van der Waals surface area contributed by atoms with E-state index < -0.39 is 0 Å². The summed E-state index contributed by atoms with van der Waals surface area (Å²) in [7, 11) is 0. The molecule has 1 nitrogen and oxygen atoms in total. The first-order valence-corrected chi connectivity index (χ1v) is 8.40. The van der Waals surface area contributed by atoms with Crippen LogP contribution in [0.25, 0.3) is 0 Å². The monoisotopic (exact) mass is 275 g/mol. The van der Waals surface area contributed by atoms with Gasteiger partial charge < -0.3 is 5.32 Å². The van der Waals surface area contributed by atoms with Crippen molar-refractivity contribution in [2.75, 3.05) is 6.54 Å². The minimum atomic E-state index is 0.607. The molecule has 0 saturated heterocycles. The summed E-state index contributed by atoms with van der Waals surface area (Å²) in [5.74, 6) is 0.803. The Balaban J connectivity index is 2.41. The summed E-state index contributed by atoms with van der Waals surface area (Å²) in [6.07, 6.45) is 6.12. The van der Waals surface area contributed by atoms with Crippen LogP contribution in [0.1, 0.15) is 64.2 Å². The lowest BCUT2D eigenvalue weighted by atomic mass is 9.94. The van der Waals surface area contributed by atoms with E-state index in [1.165, 1.54) is 30.4 Å². The Bertz CT molecular complexity index is 381. The van der Waals surface area contributed by atoms with Gasteiger partial charge >= 0.3 is 0 Å². The predicted octanol–water partition coefficient (Wildman–Crippen LogP) is 4.77. The summed E-state index contributed by atoms with van der Waals surface area (Å²) >= 11 is 0. The van der Waals surface area contributed by atoms with Crippen molar-refractivity contribution in [1.82, 2.24) is 5.32 Å². The van der Waals surface area contributed by atoms with Gasteiger partial charge in [0.2, 0.25) is 0 Å². The van der Waals surface area contributed by atoms with Crippen molar-refractivity contribution in [1.29, 1.82) is 0 Å². The first-order chi connectivity index (χ1) is 9.56. The number of hydrogen-bond acceptors (Lipinski definition) is 1. The molecule has 0 bridgehead atoms. The molecule has 1 atom stereocenters. The van der Waals surface area contributed by atoms with Gasteiger partial charge in [-0.25, -0.2) is 0 Å². The predicted molar refractivity (Wildman–Crippen MR) is 90.4 cm³/mol. The highest BCUT2D eigenvalue weighted by Gasteiger charge is 2.05. The molecule has 114 valence electrons. The van der Waals surface area contributed by atoms with Gasteiger partial charge in [0.1, 0.15) is 0 Å². The Labute approximate surface area is 126 Å². The van der Waals surface area contributed by atoms with Gasteiger partial charge in [0, 0.05) is 6.04 Å². The highest BCUT2D eigenvalue weighted by molar-refractivity contribution is 5.32. The summed E-state index contributed by atoms with van der Waals surface area (Å²) < 4.78 is 0. The van der Waals surface area contributed by atoms with Gasteiger partial charge in [0.15, 0.2) is 0 Å². The SMILES string of the molecule is CCc1ccc(CCC(C)CCNC(C)C)cc1CC. The van der Waals surface area contributed by atoms with E-state index >= 15 is 0 Å². The summed E-state index contributed by atoms with van der Waals surface area (Å²) in [5, 5.41) is 3.51. The lowest BCUT2D eigenvalue weighted by molar-refractivity contribution is 0.454. The van der Waals surface area contributed by atoms with Crippen LogP contribution < -0.4 is 5.32 Å². The Kier molecular flexibility index (Phi) is 7.91. The van der Waals surface area contributed by atoms with Crippen molar-refractivity contribution in [3.63, 3.8) is 0 Å². The van der Waals surface area contributed by atoms with Crippen molar-refractivity contribution in [3.8, 4) is 0 Å². The average Bonchev–Trinajstić information content (AvgIpc) is 2.44. The van der Waals surface area contributed by atoms with Crippen LogP contribution in [0.5, 0.6) is 0 Å². The largest absolute Gasteiger partial charge is 0.315 e. The zero-order chi connectivity index (χ0) is 15.0. The summed E-state index contributed by atoms with van der Waals surface area (Å²) in [6.45, 7) is 12.5. The second kappa shape index (κ2) is 9.18. The van der Waals surface area contributed by atoms with Crippen molar-refractivity contribution >= 4 is 0 Å². The molecule has 0 aliphatic rings. The van der Waals surface area contributed by atoms with Crippen LogP contribution in [0.15, 0.2) is 18.2 Å². The lowest BCUT2D eigenvalue weighted by Gasteiger charge is -2.14. The Morgan fingerprint density at radius 1 is 0.950 bits per heavy atom. The molecule has 1 unspecified atom stereocenters. The van der Waals surface area contributed by atoms with Crippen LogP contribution in [0, 0.1) is 5.92 Å². The molecule has 1 aromatic carbocycles. The van der Waals surface area contributed by atoms with E-state index in [1.54, 1.807) is 5.56 Å². The van der Waals surface area contributed by atoms with Crippen LogP contribution in [-0.2, 0) is 19.3 Å². The fourth-order valence-corrected chi connectivity index (χ4v) is 2.68. The minimum Gasteiger partial charge on any atom is -0.315 e. The molecule has 0 fully saturated rings. The van der Waals surface area contributed by atoms with E-state index in [1.807, 2.05) is 0 Å². The molecule has 1 heteroatoms. The van der Waals surface area contributed by atoms with Gasteiger partial charge in [0.25, 0.3) is 0 Å². The molecule has 1 aromatic rings. The summed E-state index contributed by atoms with van der Waals surface area (Å²) in [6, 6.07) is 7.70. The normalized spacial score (nSPS) is 12.9. The van der Waals surface area contributed by atoms with Gasteiger partial charge in [-0.1, -0.05) is 52.8 Å². The summed E-state index contributed by atoms with van der Waals surface area (Å²) in [4.78, 5) is 0. The van der Waals surface area contributed by atoms with Gasteiger partial charge in [-0.15, -0.1) is 0 Å². The van der Waals surface area contributed by atoms with Gasteiger partial charge in [-0.2, -0.15) is 0 Å². The number of nitrogens with one attached hydrogen (secondary N) is 1. The lowest BCUT2D eigenvalue weighted by Crippen LogP contribution is -2.25. The maximum Gasteiger partial charge on any atom is 0.00103 e. The average molecular weight is 275 g/mol. The van der Waals surface area contributed by atoms with E-state index in [0.717, 1.165) is 25.3 Å². The third-order valence-electron chi connectivity index (χ3n) is 4.15. The van der Waals surface area contributed by atoms with Crippen LogP contribution in [0.2, 0.25) is 0 Å². The van der Waals surface area contributed by atoms with E-state index in [4.69, 9.17) is 0 Å². The van der Waals surface area contributed by atoms with E-state index in [0.29, 0.717) is 6.04 Å². The second-order valence-electron chi connectivity index (χ2n) is 6.35. The van der Waals surface area contributed by atoms with E-state index in [9.17, 15) is 0 Å². The molecular formula is C19H33N. The molecule has 1 rings (SSSR count). The van der Waals surface area contributed by atoms with Crippen LogP contribution in [0.4, 0.5) is 0 Å². The van der Waals surface area contributed by atoms with Crippen LogP contribution in [-0.4, -0.2) is 12.6 Å². The third-order valence-corrected chi connectivity index (χ3v) is 4.15. The molecule has 0 aliphatic carbocycles. The third kappa shape index (κ3) is 6.09. The first kappa shape index (κ1) is 17.2. The van der Waals surface area contributed by atoms with Crippen molar-refractivity contribution in [2.45, 2.75) is 72.8 Å². The van der Waals surface area contributed by atoms with Gasteiger partial charge in [0.05, 0.1) is 0 Å². The first-order valence-electron chi connectivity index (χ1n) is 8.40. The standard InChI is InChI=1S/C19H33N/c1-6-18-11-10-17(14-19(18)7-2)9-8-16(5)12-13-20-15(3)4/h10-11,14-16,20H,6-9,12-13H2,1-5H3. The van der Waals surface area contributed by atoms with Gasteiger partial charge in [-0.05, 0) is 61.3 Å². The molecule has 0 heterocycles. The molecule has 0 radical (unpaired) electrons. The highest BCUT2D eigenvalue weighted by atomic mass is 14.9. The maximum absolute atomic E-state index is 3.51. The van der Waals surface area contributed by atoms with Crippen LogP contribution in [0.3, 0.4) is 0 Å². The zero-order valence-corrected chi connectivity index (χ0v) is 14.1. The van der Waals surface area contributed by atoms with E-state index in [2.05, 4.69) is 58.1 Å². The number of hydrogen-bond donors (Lipinski definition) is 1. The molecule has 0 saturated carbocycles. The molecule has 1 N–H and O–H groups in total. The fraction of sp³-hybridized carbons (Fsp3) is 0.684. The van der Waals surface area contributed by atoms with Crippen molar-refractivity contribution in [2.24, 2.45) is 5.92 Å². The number of rotatable bonds is 9.